The molecule has 2 aromatic rings. The van der Waals surface area contributed by atoms with E-state index in [0.717, 1.165) is 17.7 Å². The molecule has 0 saturated heterocycles. The van der Waals surface area contributed by atoms with Crippen molar-refractivity contribution in [3.63, 3.8) is 0 Å². The van der Waals surface area contributed by atoms with E-state index < -0.39 is 0 Å². The van der Waals surface area contributed by atoms with Crippen LogP contribution >= 0.6 is 23.8 Å². The van der Waals surface area contributed by atoms with Gasteiger partial charge in [-0.1, -0.05) is 55.8 Å². The fourth-order valence-electron chi connectivity index (χ4n) is 2.37. The maximum absolute atomic E-state index is 12.1. The zero-order chi connectivity index (χ0) is 17.5. The molecule has 2 rings (SSSR count). The van der Waals surface area contributed by atoms with E-state index in [-0.39, 0.29) is 12.3 Å². The highest BCUT2D eigenvalue weighted by atomic mass is 35.5. The second-order valence-corrected chi connectivity index (χ2v) is 6.55. The van der Waals surface area contributed by atoms with Gasteiger partial charge in [0.15, 0.2) is 5.11 Å². The zero-order valence-corrected chi connectivity index (χ0v) is 15.4. The molecule has 3 nitrogen and oxygen atoms in total. The molecule has 0 aliphatic carbocycles. The van der Waals surface area contributed by atoms with Crippen LogP contribution in [-0.4, -0.2) is 11.0 Å². The van der Waals surface area contributed by atoms with Crippen molar-refractivity contribution in [2.45, 2.75) is 32.6 Å². The van der Waals surface area contributed by atoms with E-state index >= 15 is 0 Å². The first kappa shape index (κ1) is 18.4. The molecule has 0 bridgehead atoms. The Kier molecular flexibility index (Phi) is 6.76. The lowest BCUT2D eigenvalue weighted by molar-refractivity contribution is -0.119. The summed E-state index contributed by atoms with van der Waals surface area (Å²) in [6.07, 6.45) is 1.29. The van der Waals surface area contributed by atoms with Crippen LogP contribution in [0.5, 0.6) is 0 Å². The van der Waals surface area contributed by atoms with Crippen molar-refractivity contribution in [3.8, 4) is 0 Å². The Morgan fingerprint density at radius 2 is 1.83 bits per heavy atom. The molecule has 2 aromatic carbocycles. The molecule has 0 aliphatic rings. The molecule has 0 fully saturated rings. The van der Waals surface area contributed by atoms with Gasteiger partial charge in [0, 0.05) is 10.7 Å². The van der Waals surface area contributed by atoms with Gasteiger partial charge in [-0.3, -0.25) is 4.79 Å². The number of halogens is 1. The highest BCUT2D eigenvalue weighted by Crippen LogP contribution is 2.26. The van der Waals surface area contributed by atoms with E-state index in [1.807, 2.05) is 30.3 Å². The Morgan fingerprint density at radius 3 is 2.50 bits per heavy atom. The van der Waals surface area contributed by atoms with E-state index in [4.69, 9.17) is 23.8 Å². The van der Waals surface area contributed by atoms with Crippen LogP contribution in [0.1, 0.15) is 37.3 Å². The fraction of sp³-hybridized carbons (Fsp3) is 0.263. The number of carbonyl (C=O) groups excluding carboxylic acids is 1. The van der Waals surface area contributed by atoms with Gasteiger partial charge in [-0.15, -0.1) is 0 Å². The summed E-state index contributed by atoms with van der Waals surface area (Å²) in [5, 5.41) is 6.81. The van der Waals surface area contributed by atoms with Crippen LogP contribution in [0.3, 0.4) is 0 Å². The number of amides is 1. The summed E-state index contributed by atoms with van der Waals surface area (Å²) in [5.41, 5.74) is 3.01. The largest absolute Gasteiger partial charge is 0.332 e. The van der Waals surface area contributed by atoms with Crippen LogP contribution in [0, 0.1) is 0 Å². The average Bonchev–Trinajstić information content (AvgIpc) is 2.56. The Bertz CT molecular complexity index is 716. The molecule has 0 spiro atoms. The summed E-state index contributed by atoms with van der Waals surface area (Å²) >= 11 is 11.1. The highest BCUT2D eigenvalue weighted by Gasteiger charge is 2.11. The SMILES string of the molecule is CC[C@H](C)c1ccccc1NC(=S)NC(=O)Cc1ccc(Cl)cc1. The van der Waals surface area contributed by atoms with Crippen molar-refractivity contribution in [1.29, 1.82) is 0 Å². The van der Waals surface area contributed by atoms with Crippen LogP contribution in [0.4, 0.5) is 5.69 Å². The Morgan fingerprint density at radius 1 is 1.17 bits per heavy atom. The first-order valence-electron chi connectivity index (χ1n) is 7.93. The number of hydrogen-bond donors (Lipinski definition) is 2. The summed E-state index contributed by atoms with van der Waals surface area (Å²) in [6.45, 7) is 4.32. The molecule has 0 saturated carbocycles. The first-order chi connectivity index (χ1) is 11.5. The van der Waals surface area contributed by atoms with Gasteiger partial charge in [-0.05, 0) is 53.9 Å². The van der Waals surface area contributed by atoms with Crippen LogP contribution in [0.2, 0.25) is 5.02 Å². The minimum atomic E-state index is -0.157. The van der Waals surface area contributed by atoms with Crippen molar-refractivity contribution in [2.24, 2.45) is 0 Å². The number of anilines is 1. The molecule has 0 radical (unpaired) electrons. The van der Waals surface area contributed by atoms with Crippen molar-refractivity contribution >= 4 is 40.5 Å². The average molecular weight is 361 g/mol. The number of nitrogens with one attached hydrogen (secondary N) is 2. The van der Waals surface area contributed by atoms with Crippen LogP contribution in [0.25, 0.3) is 0 Å². The van der Waals surface area contributed by atoms with Crippen molar-refractivity contribution in [2.75, 3.05) is 5.32 Å². The molecule has 1 atom stereocenters. The van der Waals surface area contributed by atoms with Crippen LogP contribution < -0.4 is 10.6 Å². The first-order valence-corrected chi connectivity index (χ1v) is 8.72. The van der Waals surface area contributed by atoms with E-state index in [1.165, 1.54) is 5.56 Å². The number of thiocarbonyl (C=S) groups is 1. The van der Waals surface area contributed by atoms with Crippen molar-refractivity contribution in [3.05, 3.63) is 64.7 Å². The predicted octanol–water partition coefficient (Wildman–Crippen LogP) is 4.91. The number of para-hydroxylation sites is 1. The second-order valence-electron chi connectivity index (χ2n) is 5.70. The van der Waals surface area contributed by atoms with Crippen molar-refractivity contribution < 1.29 is 4.79 Å². The number of rotatable bonds is 5. The van der Waals surface area contributed by atoms with Crippen LogP contribution in [-0.2, 0) is 11.2 Å². The fourth-order valence-corrected chi connectivity index (χ4v) is 2.72. The second kappa shape index (κ2) is 8.81. The van der Waals surface area contributed by atoms with Gasteiger partial charge < -0.3 is 10.6 Å². The predicted molar refractivity (Wildman–Crippen MR) is 105 cm³/mol. The zero-order valence-electron chi connectivity index (χ0n) is 13.8. The molecule has 24 heavy (non-hydrogen) atoms. The van der Waals surface area contributed by atoms with E-state index in [1.54, 1.807) is 12.1 Å². The maximum atomic E-state index is 12.1. The lowest BCUT2D eigenvalue weighted by atomic mass is 9.97. The summed E-state index contributed by atoms with van der Waals surface area (Å²) in [6, 6.07) is 15.2. The van der Waals surface area contributed by atoms with E-state index in [0.29, 0.717) is 16.1 Å². The van der Waals surface area contributed by atoms with Gasteiger partial charge in [0.2, 0.25) is 5.91 Å². The lowest BCUT2D eigenvalue weighted by Gasteiger charge is -2.17. The molecule has 1 amide bonds. The van der Waals surface area contributed by atoms with Gasteiger partial charge in [-0.25, -0.2) is 0 Å². The monoisotopic (exact) mass is 360 g/mol. The molecule has 2 N–H and O–H groups in total. The standard InChI is InChI=1S/C19H21ClN2OS/c1-3-13(2)16-6-4-5-7-17(16)21-19(24)22-18(23)12-14-8-10-15(20)11-9-14/h4-11,13H,3,12H2,1-2H3,(H2,21,22,23,24)/t13-/m0/s1. The third-order valence-corrected chi connectivity index (χ3v) is 4.34. The lowest BCUT2D eigenvalue weighted by Crippen LogP contribution is -2.35. The number of carbonyl (C=O) groups is 1. The summed E-state index contributed by atoms with van der Waals surface area (Å²) in [4.78, 5) is 12.1. The Balaban J connectivity index is 1.96. The quantitative estimate of drug-likeness (QED) is 0.744. The molecule has 0 aliphatic heterocycles. The Labute approximate surface area is 153 Å². The maximum Gasteiger partial charge on any atom is 0.230 e. The Hall–Kier alpha value is -1.91. The van der Waals surface area contributed by atoms with Gasteiger partial charge in [0.05, 0.1) is 6.42 Å². The molecular formula is C19H21ClN2OS. The molecule has 0 aromatic heterocycles. The minimum Gasteiger partial charge on any atom is -0.332 e. The summed E-state index contributed by atoms with van der Waals surface area (Å²) in [5.74, 6) is 0.261. The van der Waals surface area contributed by atoms with Gasteiger partial charge >= 0.3 is 0 Å². The van der Waals surface area contributed by atoms with Crippen molar-refractivity contribution in [1.82, 2.24) is 5.32 Å². The van der Waals surface area contributed by atoms with Gasteiger partial charge in [0.25, 0.3) is 0 Å². The molecule has 0 heterocycles. The third-order valence-electron chi connectivity index (χ3n) is 3.88. The molecular weight excluding hydrogens is 340 g/mol. The minimum absolute atomic E-state index is 0.157. The molecule has 5 heteroatoms. The van der Waals surface area contributed by atoms with Crippen LogP contribution in [0.15, 0.2) is 48.5 Å². The van der Waals surface area contributed by atoms with Gasteiger partial charge in [-0.2, -0.15) is 0 Å². The highest BCUT2D eigenvalue weighted by molar-refractivity contribution is 7.80. The summed E-state index contributed by atoms with van der Waals surface area (Å²) in [7, 11) is 0. The van der Waals surface area contributed by atoms with E-state index in [2.05, 4.69) is 30.5 Å². The third kappa shape index (κ3) is 5.32. The topological polar surface area (TPSA) is 41.1 Å². The number of hydrogen-bond acceptors (Lipinski definition) is 2. The van der Waals surface area contributed by atoms with E-state index in [9.17, 15) is 4.79 Å². The summed E-state index contributed by atoms with van der Waals surface area (Å²) < 4.78 is 0. The smallest absolute Gasteiger partial charge is 0.230 e. The molecule has 0 unspecified atom stereocenters. The normalized spacial score (nSPS) is 11.6. The van der Waals surface area contributed by atoms with Gasteiger partial charge in [0.1, 0.15) is 0 Å². The number of benzene rings is 2. The molecule has 126 valence electrons.